The largest absolute Gasteiger partial charge is 0.483 e. The van der Waals surface area contributed by atoms with Crippen molar-refractivity contribution in [2.24, 2.45) is 0 Å². The quantitative estimate of drug-likeness (QED) is 0.561. The number of aliphatic hydroxyl groups is 1. The minimum Gasteiger partial charge on any atom is -0.483 e. The van der Waals surface area contributed by atoms with Crippen LogP contribution in [0.2, 0.25) is 0 Å². The first-order valence-electron chi connectivity index (χ1n) is 10.9. The van der Waals surface area contributed by atoms with Gasteiger partial charge in [0.15, 0.2) is 0 Å². The van der Waals surface area contributed by atoms with E-state index in [-0.39, 0.29) is 5.60 Å². The third kappa shape index (κ3) is 3.98. The Hall–Kier alpha value is -3.24. The Kier molecular flexibility index (Phi) is 5.51. The van der Waals surface area contributed by atoms with E-state index < -0.39 is 5.60 Å². The van der Waals surface area contributed by atoms with Gasteiger partial charge in [-0.3, -0.25) is 0 Å². The Morgan fingerprint density at radius 2 is 1.19 bits per heavy atom. The van der Waals surface area contributed by atoms with Gasteiger partial charge in [0.25, 0.3) is 0 Å². The molecule has 0 saturated carbocycles. The third-order valence-corrected chi connectivity index (χ3v) is 6.07. The van der Waals surface area contributed by atoms with Gasteiger partial charge >= 0.3 is 0 Å². The molecule has 0 atom stereocenters. The SMILES string of the molecule is CN(C)c1ccc(C(O)(c2ccc(N(C)C)cc2)c2ccc3c(c2)OC(C)(C)C=C3)cc1. The van der Waals surface area contributed by atoms with Gasteiger partial charge in [0.2, 0.25) is 0 Å². The van der Waals surface area contributed by atoms with Gasteiger partial charge in [0, 0.05) is 45.1 Å². The summed E-state index contributed by atoms with van der Waals surface area (Å²) < 4.78 is 6.22. The smallest absolute Gasteiger partial charge is 0.140 e. The molecule has 3 aromatic carbocycles. The van der Waals surface area contributed by atoms with Gasteiger partial charge < -0.3 is 19.6 Å². The number of benzene rings is 3. The molecule has 0 bridgehead atoms. The molecule has 0 saturated heterocycles. The van der Waals surface area contributed by atoms with Crippen molar-refractivity contribution in [2.75, 3.05) is 38.0 Å². The van der Waals surface area contributed by atoms with Crippen LogP contribution in [0.5, 0.6) is 5.75 Å². The van der Waals surface area contributed by atoms with Crippen molar-refractivity contribution in [3.63, 3.8) is 0 Å². The van der Waals surface area contributed by atoms with Gasteiger partial charge in [-0.15, -0.1) is 0 Å². The van der Waals surface area contributed by atoms with Gasteiger partial charge in [-0.1, -0.05) is 42.5 Å². The molecule has 0 amide bonds. The monoisotopic (exact) mass is 428 g/mol. The van der Waals surface area contributed by atoms with E-state index in [2.05, 4.69) is 22.0 Å². The van der Waals surface area contributed by atoms with Gasteiger partial charge in [0.05, 0.1) is 0 Å². The van der Waals surface area contributed by atoms with E-state index in [4.69, 9.17) is 4.74 Å². The average Bonchev–Trinajstić information content (AvgIpc) is 2.77. The van der Waals surface area contributed by atoms with E-state index in [9.17, 15) is 5.11 Å². The Morgan fingerprint density at radius 3 is 1.66 bits per heavy atom. The first-order valence-corrected chi connectivity index (χ1v) is 10.9. The van der Waals surface area contributed by atoms with Gasteiger partial charge in [0.1, 0.15) is 17.0 Å². The zero-order valence-electron chi connectivity index (χ0n) is 19.8. The highest BCUT2D eigenvalue weighted by Crippen LogP contribution is 2.41. The highest BCUT2D eigenvalue weighted by molar-refractivity contribution is 5.64. The molecule has 3 aromatic rings. The maximum Gasteiger partial charge on any atom is 0.140 e. The van der Waals surface area contributed by atoms with Crippen LogP contribution in [-0.4, -0.2) is 38.9 Å². The molecule has 0 fully saturated rings. The lowest BCUT2D eigenvalue weighted by atomic mass is 9.79. The summed E-state index contributed by atoms with van der Waals surface area (Å²) >= 11 is 0. The van der Waals surface area contributed by atoms with Crippen LogP contribution in [-0.2, 0) is 5.60 Å². The summed E-state index contributed by atoms with van der Waals surface area (Å²) in [6.07, 6.45) is 4.14. The fourth-order valence-electron chi connectivity index (χ4n) is 4.09. The van der Waals surface area contributed by atoms with Gasteiger partial charge in [-0.2, -0.15) is 0 Å². The van der Waals surface area contributed by atoms with Crippen molar-refractivity contribution < 1.29 is 9.84 Å². The third-order valence-electron chi connectivity index (χ3n) is 6.07. The van der Waals surface area contributed by atoms with Crippen LogP contribution in [0.1, 0.15) is 36.1 Å². The molecule has 32 heavy (non-hydrogen) atoms. The Morgan fingerprint density at radius 1 is 0.719 bits per heavy atom. The van der Waals surface area contributed by atoms with Crippen molar-refractivity contribution in [3.8, 4) is 5.75 Å². The molecule has 0 spiro atoms. The Bertz CT molecular complexity index is 1080. The fraction of sp³-hybridized carbons (Fsp3) is 0.286. The molecular weight excluding hydrogens is 396 g/mol. The van der Waals surface area contributed by atoms with Gasteiger partial charge in [-0.05, 0) is 66.9 Å². The molecule has 1 N–H and O–H groups in total. The number of nitrogens with zero attached hydrogens (tertiary/aromatic N) is 2. The zero-order chi connectivity index (χ0) is 23.1. The second-order valence-electron chi connectivity index (χ2n) is 9.38. The van der Waals surface area contributed by atoms with E-state index >= 15 is 0 Å². The lowest BCUT2D eigenvalue weighted by Crippen LogP contribution is -2.31. The van der Waals surface area contributed by atoms with Crippen LogP contribution in [0, 0.1) is 0 Å². The first-order chi connectivity index (χ1) is 15.1. The molecule has 0 radical (unpaired) electrons. The van der Waals surface area contributed by atoms with E-state index in [1.165, 1.54) is 0 Å². The molecule has 1 heterocycles. The van der Waals surface area contributed by atoms with E-state index in [0.29, 0.717) is 0 Å². The molecule has 0 aliphatic carbocycles. The number of ether oxygens (including phenoxy) is 1. The van der Waals surface area contributed by atoms with E-state index in [0.717, 1.165) is 39.4 Å². The standard InChI is InChI=1S/C28H32N2O2/c1-27(2)18-17-20-7-8-23(19-26(20)32-27)28(31,21-9-13-24(14-10-21)29(3)4)22-11-15-25(16-12-22)30(5)6/h7-19,31H,1-6H3. The summed E-state index contributed by atoms with van der Waals surface area (Å²) in [5, 5.41) is 12.3. The summed E-state index contributed by atoms with van der Waals surface area (Å²) in [4.78, 5) is 4.10. The fourth-order valence-corrected chi connectivity index (χ4v) is 4.09. The summed E-state index contributed by atoms with van der Waals surface area (Å²) in [6, 6.07) is 22.1. The molecule has 0 aromatic heterocycles. The molecular formula is C28H32N2O2. The lowest BCUT2D eigenvalue weighted by molar-refractivity contribution is 0.123. The summed E-state index contributed by atoms with van der Waals surface area (Å²) in [5.74, 6) is 0.781. The van der Waals surface area contributed by atoms with Crippen LogP contribution in [0.3, 0.4) is 0 Å². The zero-order valence-corrected chi connectivity index (χ0v) is 19.8. The maximum atomic E-state index is 12.3. The Labute approximate surface area is 191 Å². The highest BCUT2D eigenvalue weighted by atomic mass is 16.5. The van der Waals surface area contributed by atoms with Crippen LogP contribution in [0.15, 0.2) is 72.8 Å². The second-order valence-corrected chi connectivity index (χ2v) is 9.38. The summed E-state index contributed by atoms with van der Waals surface area (Å²) in [7, 11) is 8.04. The molecule has 1 aliphatic rings. The highest BCUT2D eigenvalue weighted by Gasteiger charge is 2.35. The van der Waals surface area contributed by atoms with Crippen molar-refractivity contribution in [1.82, 2.24) is 0 Å². The molecule has 166 valence electrons. The maximum absolute atomic E-state index is 12.3. The predicted molar refractivity (Wildman–Crippen MR) is 134 cm³/mol. The number of hydrogen-bond acceptors (Lipinski definition) is 4. The lowest BCUT2D eigenvalue weighted by Gasteiger charge is -2.33. The summed E-state index contributed by atoms with van der Waals surface area (Å²) in [5.41, 5.74) is 3.87. The molecule has 0 unspecified atom stereocenters. The van der Waals surface area contributed by atoms with Crippen LogP contribution in [0.25, 0.3) is 6.08 Å². The minimum absolute atomic E-state index is 0.384. The molecule has 1 aliphatic heterocycles. The van der Waals surface area contributed by atoms with Crippen molar-refractivity contribution in [2.45, 2.75) is 25.0 Å². The van der Waals surface area contributed by atoms with Gasteiger partial charge in [-0.25, -0.2) is 0 Å². The number of anilines is 2. The number of fused-ring (bicyclic) bond motifs is 1. The van der Waals surface area contributed by atoms with Crippen molar-refractivity contribution in [3.05, 3.63) is 95.1 Å². The molecule has 4 rings (SSSR count). The second kappa shape index (κ2) is 8.03. The number of rotatable bonds is 5. The normalized spacial score (nSPS) is 14.5. The van der Waals surface area contributed by atoms with Crippen LogP contribution >= 0.6 is 0 Å². The van der Waals surface area contributed by atoms with Crippen LogP contribution in [0.4, 0.5) is 11.4 Å². The average molecular weight is 429 g/mol. The molecule has 4 nitrogen and oxygen atoms in total. The first kappa shape index (κ1) is 22.0. The minimum atomic E-state index is -1.32. The van der Waals surface area contributed by atoms with Crippen molar-refractivity contribution >= 4 is 17.5 Å². The topological polar surface area (TPSA) is 35.9 Å². The Balaban J connectivity index is 1.87. The number of hydrogen-bond donors (Lipinski definition) is 1. The van der Waals surface area contributed by atoms with Crippen molar-refractivity contribution in [1.29, 1.82) is 0 Å². The predicted octanol–water partition coefficient (Wildman–Crippen LogP) is 5.29. The van der Waals surface area contributed by atoms with E-state index in [1.54, 1.807) is 0 Å². The van der Waals surface area contributed by atoms with E-state index in [1.807, 2.05) is 109 Å². The van der Waals surface area contributed by atoms with Crippen LogP contribution < -0.4 is 14.5 Å². The summed E-state index contributed by atoms with van der Waals surface area (Å²) in [6.45, 7) is 4.07. The molecule has 4 heteroatoms.